The summed E-state index contributed by atoms with van der Waals surface area (Å²) in [5.41, 5.74) is 8.70. The number of esters is 6. The van der Waals surface area contributed by atoms with Gasteiger partial charge in [-0.05, 0) is 179 Å². The molecule has 526 valence electrons. The van der Waals surface area contributed by atoms with Gasteiger partial charge >= 0.3 is 35.8 Å². The summed E-state index contributed by atoms with van der Waals surface area (Å²) >= 11 is 0. The van der Waals surface area contributed by atoms with Gasteiger partial charge in [-0.2, -0.15) is 0 Å². The Labute approximate surface area is 592 Å². The van der Waals surface area contributed by atoms with E-state index in [1.54, 1.807) is 85.2 Å². The Morgan fingerprint density at radius 2 is 0.520 bits per heavy atom. The van der Waals surface area contributed by atoms with Crippen LogP contribution in [0.5, 0.6) is 11.5 Å². The summed E-state index contributed by atoms with van der Waals surface area (Å²) in [6.07, 6.45) is 31.3. The molecule has 0 radical (unpaired) electrons. The molecule has 0 heterocycles. The van der Waals surface area contributed by atoms with Crippen LogP contribution in [-0.2, 0) is 38.1 Å². The fourth-order valence-electron chi connectivity index (χ4n) is 10.9. The molecule has 7 aromatic carbocycles. The van der Waals surface area contributed by atoms with Crippen molar-refractivity contribution >= 4 is 71.8 Å². The second-order valence-corrected chi connectivity index (χ2v) is 25.1. The molecule has 100 heavy (non-hydrogen) atoms. The lowest BCUT2D eigenvalue weighted by Crippen LogP contribution is -2.19. The minimum Gasteiger partial charge on any atom is -0.462 e. The van der Waals surface area contributed by atoms with Crippen molar-refractivity contribution in [3.05, 3.63) is 214 Å². The highest BCUT2D eigenvalue weighted by atomic mass is 16.6. The fraction of sp³-hybridized carbons (Fsp3) is 0.372. The first-order valence-electron chi connectivity index (χ1n) is 36.3. The Morgan fingerprint density at radius 1 is 0.280 bits per heavy atom. The van der Waals surface area contributed by atoms with E-state index in [0.29, 0.717) is 33.8 Å². The molecule has 0 unspecified atom stereocenters. The SMILES string of the molecule is CCCCCCCCOC(=O)C(=Cc1ccc(C(=O)Oc2ccc(C=Nc3ccc(-c4ccc(-c5ccc(N=Cc6ccc(OC(=O)c7ccc(C=C(C(=O)OCCCCCCCC)C(=O)OCCCCCCCC)cc7)cc6)cc5)cc4)cc3)cc2)cc1)C(=O)OCCCCCCCC. The molecule has 0 saturated heterocycles. The van der Waals surface area contributed by atoms with Gasteiger partial charge in [0.05, 0.1) is 48.9 Å². The number of hydrogen-bond donors (Lipinski definition) is 0. The summed E-state index contributed by atoms with van der Waals surface area (Å²) in [6.45, 7) is 9.56. The second kappa shape index (κ2) is 45.0. The zero-order valence-electron chi connectivity index (χ0n) is 59.1. The highest BCUT2D eigenvalue weighted by Crippen LogP contribution is 2.29. The van der Waals surface area contributed by atoms with E-state index in [4.69, 9.17) is 28.4 Å². The van der Waals surface area contributed by atoms with E-state index < -0.39 is 35.8 Å². The smallest absolute Gasteiger partial charge is 0.345 e. The predicted molar refractivity (Wildman–Crippen MR) is 401 cm³/mol. The Kier molecular flexibility index (Phi) is 34.9. The molecule has 7 rings (SSSR count). The van der Waals surface area contributed by atoms with Crippen LogP contribution in [0.2, 0.25) is 0 Å². The van der Waals surface area contributed by atoms with Crippen LogP contribution in [0.4, 0.5) is 11.4 Å². The van der Waals surface area contributed by atoms with Crippen LogP contribution in [0.15, 0.2) is 191 Å². The van der Waals surface area contributed by atoms with Crippen LogP contribution in [0.3, 0.4) is 0 Å². The lowest BCUT2D eigenvalue weighted by Gasteiger charge is -2.10. The molecule has 0 aliphatic carbocycles. The number of carbonyl (C=O) groups is 6. The summed E-state index contributed by atoms with van der Waals surface area (Å²) in [4.78, 5) is 88.5. The van der Waals surface area contributed by atoms with Crippen molar-refractivity contribution < 1.29 is 57.2 Å². The van der Waals surface area contributed by atoms with Crippen molar-refractivity contribution in [2.24, 2.45) is 9.98 Å². The van der Waals surface area contributed by atoms with Gasteiger partial charge in [0.2, 0.25) is 0 Å². The number of ether oxygens (including phenoxy) is 6. The third-order valence-electron chi connectivity index (χ3n) is 16.9. The number of rotatable bonds is 44. The van der Waals surface area contributed by atoms with Crippen molar-refractivity contribution in [1.29, 1.82) is 0 Å². The highest BCUT2D eigenvalue weighted by Gasteiger charge is 2.24. The summed E-state index contributed by atoms with van der Waals surface area (Å²) in [5, 5.41) is 0. The molecule has 0 aromatic heterocycles. The highest BCUT2D eigenvalue weighted by molar-refractivity contribution is 6.18. The van der Waals surface area contributed by atoms with Crippen molar-refractivity contribution in [3.63, 3.8) is 0 Å². The van der Waals surface area contributed by atoms with Crippen LogP contribution < -0.4 is 9.47 Å². The average Bonchev–Trinajstić information content (AvgIpc) is 1.22. The van der Waals surface area contributed by atoms with Gasteiger partial charge in [0.15, 0.2) is 0 Å². The largest absolute Gasteiger partial charge is 0.462 e. The second-order valence-electron chi connectivity index (χ2n) is 25.1. The van der Waals surface area contributed by atoms with Gasteiger partial charge in [-0.3, -0.25) is 9.98 Å². The quantitative estimate of drug-likeness (QED) is 0.00516. The molecule has 7 aromatic rings. The topological polar surface area (TPSA) is 183 Å². The number of hydrogen-bond acceptors (Lipinski definition) is 14. The van der Waals surface area contributed by atoms with Crippen LogP contribution in [0.25, 0.3) is 34.4 Å². The van der Waals surface area contributed by atoms with Gasteiger partial charge in [0.25, 0.3) is 0 Å². The number of nitrogens with zero attached hydrogens (tertiary/aromatic N) is 2. The van der Waals surface area contributed by atoms with Gasteiger partial charge in [0, 0.05) is 12.4 Å². The zero-order chi connectivity index (χ0) is 70.8. The average molecular weight is 1350 g/mol. The van der Waals surface area contributed by atoms with E-state index in [1.165, 1.54) is 37.8 Å². The Hall–Kier alpha value is -9.82. The number of carbonyl (C=O) groups excluding carboxylic acids is 6. The summed E-state index contributed by atoms with van der Waals surface area (Å²) in [6, 6.07) is 51.4. The van der Waals surface area contributed by atoms with Gasteiger partial charge in [-0.25, -0.2) is 28.8 Å². The monoisotopic (exact) mass is 1350 g/mol. The molecule has 0 N–H and O–H groups in total. The fourth-order valence-corrected chi connectivity index (χ4v) is 10.9. The number of benzene rings is 7. The maximum absolute atomic E-state index is 13.2. The van der Waals surface area contributed by atoms with Gasteiger partial charge in [-0.15, -0.1) is 0 Å². The van der Waals surface area contributed by atoms with Crippen LogP contribution >= 0.6 is 0 Å². The van der Waals surface area contributed by atoms with Crippen molar-refractivity contribution in [1.82, 2.24) is 0 Å². The molecule has 0 bridgehead atoms. The number of aliphatic imine (C=N–C) groups is 2. The molecular formula is C86H100N2O12. The van der Waals surface area contributed by atoms with Crippen molar-refractivity contribution in [3.8, 4) is 33.8 Å². The van der Waals surface area contributed by atoms with E-state index >= 15 is 0 Å². The molecule has 0 aliphatic rings. The van der Waals surface area contributed by atoms with E-state index in [-0.39, 0.29) is 37.6 Å². The maximum Gasteiger partial charge on any atom is 0.345 e. The van der Waals surface area contributed by atoms with E-state index in [9.17, 15) is 28.8 Å². The predicted octanol–water partition coefficient (Wildman–Crippen LogP) is 21.3. The van der Waals surface area contributed by atoms with Crippen LogP contribution in [-0.4, -0.2) is 74.7 Å². The first-order valence-corrected chi connectivity index (χ1v) is 36.3. The lowest BCUT2D eigenvalue weighted by molar-refractivity contribution is -0.148. The molecule has 0 amide bonds. The summed E-state index contributed by atoms with van der Waals surface area (Å²) in [7, 11) is 0. The Balaban J connectivity index is 0.851. The first-order chi connectivity index (χ1) is 48.9. The van der Waals surface area contributed by atoms with Gasteiger partial charge < -0.3 is 28.4 Å². The Bertz CT molecular complexity index is 3430. The standard InChI is InChI=1S/C86H100N2O12/c1-5-9-13-17-21-25-57-95-83(91)79(84(92)96-58-26-22-18-14-10-6-2)61-65-29-37-73(38-30-65)81(89)99-77-53-33-67(34-54-77)63-87-75-49-45-71(46-50-75)69-41-43-70(44-42-69)72-47-51-76(52-48-72)88-64-68-35-55-78(56-36-68)100-82(90)74-39-31-66(32-40-74)62-80(85(93)97-59-27-23-19-15-11-7-3)86(94)98-60-28-24-20-16-12-8-4/h29-56,61-64H,5-28,57-60H2,1-4H3. The zero-order valence-corrected chi connectivity index (χ0v) is 59.1. The molecular weight excluding hydrogens is 1250 g/mol. The van der Waals surface area contributed by atoms with Crippen molar-refractivity contribution in [2.45, 2.75) is 182 Å². The number of unbranched alkanes of at least 4 members (excludes halogenated alkanes) is 20. The molecule has 0 spiro atoms. The van der Waals surface area contributed by atoms with Crippen molar-refractivity contribution in [2.75, 3.05) is 26.4 Å². The van der Waals surface area contributed by atoms with Crippen LogP contribution in [0.1, 0.15) is 225 Å². The van der Waals surface area contributed by atoms with Gasteiger partial charge in [-0.1, -0.05) is 229 Å². The normalized spacial score (nSPS) is 11.1. The summed E-state index contributed by atoms with van der Waals surface area (Å²) in [5.74, 6) is -3.29. The molecule has 0 atom stereocenters. The molecule has 0 aliphatic heterocycles. The summed E-state index contributed by atoms with van der Waals surface area (Å²) < 4.78 is 33.5. The van der Waals surface area contributed by atoms with Crippen LogP contribution in [0, 0.1) is 0 Å². The van der Waals surface area contributed by atoms with E-state index in [2.05, 4.69) is 61.9 Å². The first kappa shape index (κ1) is 77.5. The van der Waals surface area contributed by atoms with E-state index in [0.717, 1.165) is 173 Å². The minimum atomic E-state index is -0.723. The molecule has 14 heteroatoms. The third-order valence-corrected chi connectivity index (χ3v) is 16.9. The van der Waals surface area contributed by atoms with Gasteiger partial charge in [0.1, 0.15) is 22.6 Å². The van der Waals surface area contributed by atoms with E-state index in [1.807, 2.05) is 72.8 Å². The molecule has 14 nitrogen and oxygen atoms in total. The molecule has 0 fully saturated rings. The maximum atomic E-state index is 13.2. The Morgan fingerprint density at radius 3 is 0.790 bits per heavy atom. The lowest BCUT2D eigenvalue weighted by atomic mass is 10.00. The minimum absolute atomic E-state index is 0.182. The third kappa shape index (κ3) is 28.2. The molecule has 0 saturated carbocycles.